The molecule has 0 bridgehead atoms. The molecule has 0 aliphatic heterocycles. The fourth-order valence-electron chi connectivity index (χ4n) is 1.49. The second kappa shape index (κ2) is 8.04. The molecule has 0 fully saturated rings. The van der Waals surface area contributed by atoms with E-state index in [2.05, 4.69) is 27.8 Å². The number of hydrogen-bond acceptors (Lipinski definition) is 6. The largest absolute Gasteiger partial charge is 0.394 e. The minimum absolute atomic E-state index is 0.0282. The molecule has 1 aromatic rings. The maximum absolute atomic E-state index is 11.6. The number of aliphatic hydroxyl groups is 1. The number of amides is 1. The summed E-state index contributed by atoms with van der Waals surface area (Å²) in [7, 11) is 0. The van der Waals surface area contributed by atoms with Crippen molar-refractivity contribution in [1.29, 1.82) is 0 Å². The molecule has 0 saturated heterocycles. The molecular weight excluding hydrogens is 254 g/mol. The van der Waals surface area contributed by atoms with E-state index in [4.69, 9.17) is 5.11 Å². The van der Waals surface area contributed by atoms with Crippen molar-refractivity contribution in [2.45, 2.75) is 44.4 Å². The lowest BCUT2D eigenvalue weighted by Gasteiger charge is -2.12. The smallest absolute Gasteiger partial charge is 0.230 e. The molecule has 0 saturated carbocycles. The van der Waals surface area contributed by atoms with Crippen molar-refractivity contribution in [3.63, 3.8) is 0 Å². The second-order valence-corrected chi connectivity index (χ2v) is 4.90. The molecule has 0 aromatic carbocycles. The van der Waals surface area contributed by atoms with E-state index in [1.165, 1.54) is 16.4 Å². The van der Waals surface area contributed by atoms with Gasteiger partial charge in [0, 0.05) is 6.04 Å². The number of carbonyl (C=O) groups is 1. The molecule has 8 heteroatoms. The molecule has 7 nitrogen and oxygen atoms in total. The lowest BCUT2D eigenvalue weighted by atomic mass is 10.2. The fraction of sp³-hybridized carbons (Fsp3) is 0.800. The van der Waals surface area contributed by atoms with E-state index in [0.717, 1.165) is 12.8 Å². The van der Waals surface area contributed by atoms with Crippen LogP contribution in [0.5, 0.6) is 0 Å². The lowest BCUT2D eigenvalue weighted by molar-refractivity contribution is -0.119. The molecule has 0 spiro atoms. The summed E-state index contributed by atoms with van der Waals surface area (Å²) in [5.41, 5.74) is 0. The first-order valence-corrected chi connectivity index (χ1v) is 6.95. The topological polar surface area (TPSA) is 92.9 Å². The Kier molecular flexibility index (Phi) is 6.66. The molecule has 1 rings (SSSR count). The monoisotopic (exact) mass is 273 g/mol. The highest BCUT2D eigenvalue weighted by Crippen LogP contribution is 2.12. The molecule has 18 heavy (non-hydrogen) atoms. The van der Waals surface area contributed by atoms with E-state index in [9.17, 15) is 4.79 Å². The Balaban J connectivity index is 2.35. The summed E-state index contributed by atoms with van der Waals surface area (Å²) in [6, 6.07) is 0.191. The number of thioether (sulfide) groups is 1. The van der Waals surface area contributed by atoms with Crippen molar-refractivity contribution >= 4 is 17.7 Å². The molecule has 2 N–H and O–H groups in total. The summed E-state index contributed by atoms with van der Waals surface area (Å²) in [6.07, 6.45) is 2.02. The Labute approximate surface area is 110 Å². The van der Waals surface area contributed by atoms with Crippen molar-refractivity contribution in [3.05, 3.63) is 0 Å². The number of hydrogen-bond donors (Lipinski definition) is 2. The van der Waals surface area contributed by atoms with Gasteiger partial charge in [0.05, 0.1) is 18.9 Å². The van der Waals surface area contributed by atoms with E-state index in [1.807, 2.05) is 6.92 Å². The molecule has 1 amide bonds. The van der Waals surface area contributed by atoms with Crippen molar-refractivity contribution in [1.82, 2.24) is 25.5 Å². The Morgan fingerprint density at radius 2 is 2.39 bits per heavy atom. The number of nitrogens with zero attached hydrogens (tertiary/aromatic N) is 4. The van der Waals surface area contributed by atoms with Crippen LogP contribution in [0.2, 0.25) is 0 Å². The fourth-order valence-corrected chi connectivity index (χ4v) is 2.20. The van der Waals surface area contributed by atoms with Gasteiger partial charge in [0.25, 0.3) is 0 Å². The predicted octanol–water partition coefficient (Wildman–Crippen LogP) is 0.0623. The normalized spacial score (nSPS) is 12.4. The van der Waals surface area contributed by atoms with Gasteiger partial charge in [-0.15, -0.1) is 5.10 Å². The van der Waals surface area contributed by atoms with Crippen molar-refractivity contribution in [2.24, 2.45) is 0 Å². The highest BCUT2D eigenvalue weighted by atomic mass is 32.2. The summed E-state index contributed by atoms with van der Waals surface area (Å²) in [5.74, 6) is 0.249. The summed E-state index contributed by atoms with van der Waals surface area (Å²) in [6.45, 7) is 4.38. The molecule has 0 aliphatic rings. The predicted molar refractivity (Wildman–Crippen MR) is 68.1 cm³/mol. The van der Waals surface area contributed by atoms with Gasteiger partial charge in [-0.1, -0.05) is 25.1 Å². The standard InChI is InChI=1S/C10H19N5O2S/c1-3-4-8(2)11-9(17)7-18-10-12-13-14-15(10)5-6-16/h8,16H,3-7H2,1-2H3,(H,11,17). The first kappa shape index (κ1) is 14.9. The Hall–Kier alpha value is -1.15. The van der Waals surface area contributed by atoms with Crippen LogP contribution in [0.4, 0.5) is 0 Å². The van der Waals surface area contributed by atoms with E-state index in [1.54, 1.807) is 0 Å². The SMILES string of the molecule is CCCC(C)NC(=O)CSc1nnnn1CCO. The molecule has 1 aromatic heterocycles. The highest BCUT2D eigenvalue weighted by Gasteiger charge is 2.11. The van der Waals surface area contributed by atoms with Crippen molar-refractivity contribution < 1.29 is 9.90 Å². The molecule has 102 valence electrons. The van der Waals surface area contributed by atoms with E-state index in [-0.39, 0.29) is 24.3 Å². The van der Waals surface area contributed by atoms with Gasteiger partial charge in [0.15, 0.2) is 0 Å². The van der Waals surface area contributed by atoms with Crippen LogP contribution in [-0.2, 0) is 11.3 Å². The number of carbonyl (C=O) groups excluding carboxylic acids is 1. The third-order valence-corrected chi connectivity index (χ3v) is 3.23. The van der Waals surface area contributed by atoms with Crippen LogP contribution in [0.15, 0.2) is 5.16 Å². The second-order valence-electron chi connectivity index (χ2n) is 3.95. The number of aromatic nitrogens is 4. The Morgan fingerprint density at radius 3 is 3.06 bits per heavy atom. The number of rotatable bonds is 8. The number of tetrazole rings is 1. The number of aliphatic hydroxyl groups excluding tert-OH is 1. The highest BCUT2D eigenvalue weighted by molar-refractivity contribution is 7.99. The van der Waals surface area contributed by atoms with Crippen molar-refractivity contribution in [3.8, 4) is 0 Å². The lowest BCUT2D eigenvalue weighted by Crippen LogP contribution is -2.33. The quantitative estimate of drug-likeness (QED) is 0.651. The van der Waals surface area contributed by atoms with Gasteiger partial charge < -0.3 is 10.4 Å². The van der Waals surface area contributed by atoms with Crippen LogP contribution in [0.3, 0.4) is 0 Å². The zero-order chi connectivity index (χ0) is 13.4. The summed E-state index contributed by atoms with van der Waals surface area (Å²) < 4.78 is 1.48. The molecular formula is C10H19N5O2S. The number of nitrogens with one attached hydrogen (secondary N) is 1. The van der Waals surface area contributed by atoms with Gasteiger partial charge in [-0.25, -0.2) is 4.68 Å². The molecule has 0 aliphatic carbocycles. The van der Waals surface area contributed by atoms with Crippen LogP contribution in [0.25, 0.3) is 0 Å². The van der Waals surface area contributed by atoms with Gasteiger partial charge in [-0.2, -0.15) is 0 Å². The van der Waals surface area contributed by atoms with Gasteiger partial charge >= 0.3 is 0 Å². The average Bonchev–Trinajstić information content (AvgIpc) is 2.75. The first-order valence-electron chi connectivity index (χ1n) is 5.96. The van der Waals surface area contributed by atoms with E-state index >= 15 is 0 Å². The summed E-state index contributed by atoms with van der Waals surface area (Å²) in [4.78, 5) is 11.6. The third kappa shape index (κ3) is 5.01. The summed E-state index contributed by atoms with van der Waals surface area (Å²) >= 11 is 1.27. The van der Waals surface area contributed by atoms with Crippen LogP contribution < -0.4 is 5.32 Å². The minimum atomic E-state index is -0.0294. The van der Waals surface area contributed by atoms with E-state index in [0.29, 0.717) is 11.7 Å². The average molecular weight is 273 g/mol. The van der Waals surface area contributed by atoms with Crippen molar-refractivity contribution in [2.75, 3.05) is 12.4 Å². The van der Waals surface area contributed by atoms with Crippen LogP contribution >= 0.6 is 11.8 Å². The molecule has 1 atom stereocenters. The van der Waals surface area contributed by atoms with Gasteiger partial charge in [-0.05, 0) is 23.8 Å². The van der Waals surface area contributed by atoms with Gasteiger partial charge in [0.2, 0.25) is 11.1 Å². The van der Waals surface area contributed by atoms with Crippen LogP contribution in [-0.4, -0.2) is 49.6 Å². The Bertz CT molecular complexity index is 371. The third-order valence-electron chi connectivity index (χ3n) is 2.27. The van der Waals surface area contributed by atoms with Crippen LogP contribution in [0, 0.1) is 0 Å². The van der Waals surface area contributed by atoms with Crippen LogP contribution in [0.1, 0.15) is 26.7 Å². The zero-order valence-corrected chi connectivity index (χ0v) is 11.5. The maximum Gasteiger partial charge on any atom is 0.230 e. The van der Waals surface area contributed by atoms with Gasteiger partial charge in [0.1, 0.15) is 0 Å². The Morgan fingerprint density at radius 1 is 1.61 bits per heavy atom. The van der Waals surface area contributed by atoms with E-state index < -0.39 is 0 Å². The maximum atomic E-state index is 11.6. The first-order chi connectivity index (χ1) is 8.67. The molecule has 0 radical (unpaired) electrons. The zero-order valence-electron chi connectivity index (χ0n) is 10.7. The minimum Gasteiger partial charge on any atom is -0.394 e. The summed E-state index contributed by atoms with van der Waals surface area (Å²) in [5, 5.41) is 23.3. The van der Waals surface area contributed by atoms with Gasteiger partial charge in [-0.3, -0.25) is 4.79 Å². The molecule has 1 unspecified atom stereocenters. The molecule has 1 heterocycles.